The number of benzene rings is 1. The number of hydrazone groups is 1. The molecule has 1 fully saturated rings. The summed E-state index contributed by atoms with van der Waals surface area (Å²) in [5, 5.41) is 9.04. The number of nitrogens with zero attached hydrogens (tertiary/aromatic N) is 1. The number of hydrogen-bond donors (Lipinski definition) is 2. The fourth-order valence-electron chi connectivity index (χ4n) is 3.09. The molecular weight excluding hydrogens is 346 g/mol. The van der Waals surface area contributed by atoms with Gasteiger partial charge in [-0.3, -0.25) is 9.59 Å². The number of nitrogens with one attached hydrogen (secondary N) is 2. The van der Waals surface area contributed by atoms with Crippen molar-refractivity contribution in [1.29, 1.82) is 0 Å². The molecule has 0 spiro atoms. The van der Waals surface area contributed by atoms with E-state index in [1.807, 2.05) is 42.6 Å². The topological polar surface area (TPSA) is 70.6 Å². The summed E-state index contributed by atoms with van der Waals surface area (Å²) in [5.41, 5.74) is 4.87. The molecule has 0 unspecified atom stereocenters. The van der Waals surface area contributed by atoms with Crippen molar-refractivity contribution in [3.05, 3.63) is 52.2 Å². The van der Waals surface area contributed by atoms with Crippen molar-refractivity contribution < 1.29 is 9.59 Å². The Hall–Kier alpha value is -2.47. The maximum absolute atomic E-state index is 12.4. The Kier molecular flexibility index (Phi) is 6.17. The lowest BCUT2D eigenvalue weighted by molar-refractivity contribution is -0.120. The third kappa shape index (κ3) is 4.79. The first-order valence-electron chi connectivity index (χ1n) is 8.93. The molecule has 6 heteroatoms. The molecule has 1 aliphatic carbocycles. The van der Waals surface area contributed by atoms with E-state index in [4.69, 9.17) is 0 Å². The molecule has 3 rings (SSSR count). The van der Waals surface area contributed by atoms with Gasteiger partial charge >= 0.3 is 0 Å². The zero-order chi connectivity index (χ0) is 18.4. The van der Waals surface area contributed by atoms with Crippen LogP contribution in [0.15, 0.2) is 46.9 Å². The van der Waals surface area contributed by atoms with E-state index in [0.717, 1.165) is 36.9 Å². The highest BCUT2D eigenvalue weighted by atomic mass is 32.1. The van der Waals surface area contributed by atoms with Crippen molar-refractivity contribution in [3.63, 3.8) is 0 Å². The van der Waals surface area contributed by atoms with E-state index in [9.17, 15) is 9.59 Å². The number of amides is 2. The van der Waals surface area contributed by atoms with Crippen LogP contribution in [0.5, 0.6) is 0 Å². The first-order valence-corrected chi connectivity index (χ1v) is 9.81. The van der Waals surface area contributed by atoms with Crippen molar-refractivity contribution >= 4 is 34.6 Å². The quantitative estimate of drug-likeness (QED) is 0.605. The molecule has 26 heavy (non-hydrogen) atoms. The van der Waals surface area contributed by atoms with E-state index in [1.54, 1.807) is 6.07 Å². The summed E-state index contributed by atoms with van der Waals surface area (Å²) >= 11 is 1.37. The van der Waals surface area contributed by atoms with Crippen LogP contribution >= 0.6 is 11.3 Å². The van der Waals surface area contributed by atoms with Gasteiger partial charge in [-0.25, -0.2) is 5.43 Å². The lowest BCUT2D eigenvalue weighted by Gasteiger charge is -2.20. The molecule has 0 radical (unpaired) electrons. The van der Waals surface area contributed by atoms with E-state index in [0.29, 0.717) is 10.6 Å². The number of rotatable bonds is 5. The van der Waals surface area contributed by atoms with Gasteiger partial charge in [-0.1, -0.05) is 37.5 Å². The fraction of sp³-hybridized carbons (Fsp3) is 0.350. The van der Waals surface area contributed by atoms with Gasteiger partial charge in [0.25, 0.3) is 5.91 Å². The minimum atomic E-state index is -0.221. The second-order valence-corrected chi connectivity index (χ2v) is 7.47. The summed E-state index contributed by atoms with van der Waals surface area (Å²) in [6.07, 6.45) is 5.44. The summed E-state index contributed by atoms with van der Waals surface area (Å²) in [4.78, 5) is 25.0. The lowest BCUT2D eigenvalue weighted by Crippen LogP contribution is -2.24. The second kappa shape index (κ2) is 8.76. The van der Waals surface area contributed by atoms with Crippen LogP contribution in [0, 0.1) is 5.92 Å². The van der Waals surface area contributed by atoms with Gasteiger partial charge in [0.2, 0.25) is 5.91 Å². The molecule has 1 saturated carbocycles. The predicted molar refractivity (Wildman–Crippen MR) is 106 cm³/mol. The van der Waals surface area contributed by atoms with Gasteiger partial charge in [0, 0.05) is 11.6 Å². The highest BCUT2D eigenvalue weighted by Crippen LogP contribution is 2.25. The van der Waals surface area contributed by atoms with Gasteiger partial charge < -0.3 is 5.32 Å². The fourth-order valence-corrected chi connectivity index (χ4v) is 3.71. The van der Waals surface area contributed by atoms with Gasteiger partial charge in [-0.05, 0) is 48.9 Å². The number of carbonyl (C=O) groups excluding carboxylic acids is 2. The van der Waals surface area contributed by atoms with Crippen LogP contribution in [0.1, 0.15) is 54.3 Å². The van der Waals surface area contributed by atoms with Crippen LogP contribution in [-0.2, 0) is 4.79 Å². The van der Waals surface area contributed by atoms with Crippen molar-refractivity contribution in [1.82, 2.24) is 5.43 Å². The monoisotopic (exact) mass is 369 g/mol. The summed E-state index contributed by atoms with van der Waals surface area (Å²) in [7, 11) is 0. The van der Waals surface area contributed by atoms with E-state index in [1.165, 1.54) is 17.8 Å². The highest BCUT2D eigenvalue weighted by Gasteiger charge is 2.21. The van der Waals surface area contributed by atoms with Crippen LogP contribution in [0.4, 0.5) is 5.69 Å². The highest BCUT2D eigenvalue weighted by molar-refractivity contribution is 7.12. The Morgan fingerprint density at radius 2 is 1.92 bits per heavy atom. The standard InChI is InChI=1S/C20H23N3O2S/c1-14(22-23-20(25)18-11-6-12-26-18)16-9-5-10-17(13-16)21-19(24)15-7-3-2-4-8-15/h5-6,9-13,15H,2-4,7-8H2,1H3,(H,21,24)(H,23,25)/b22-14-. The van der Waals surface area contributed by atoms with Gasteiger partial charge in [0.05, 0.1) is 10.6 Å². The first kappa shape index (κ1) is 18.3. The Balaban J connectivity index is 1.63. The van der Waals surface area contributed by atoms with Crippen LogP contribution in [0.2, 0.25) is 0 Å². The molecule has 0 saturated heterocycles. The normalized spacial score (nSPS) is 15.5. The third-order valence-electron chi connectivity index (χ3n) is 4.59. The minimum Gasteiger partial charge on any atom is -0.326 e. The van der Waals surface area contributed by atoms with E-state index in [-0.39, 0.29) is 17.7 Å². The summed E-state index contributed by atoms with van der Waals surface area (Å²) in [6.45, 7) is 1.83. The van der Waals surface area contributed by atoms with Crippen molar-refractivity contribution in [3.8, 4) is 0 Å². The molecular formula is C20H23N3O2S. The van der Waals surface area contributed by atoms with E-state index < -0.39 is 0 Å². The summed E-state index contributed by atoms with van der Waals surface area (Å²) in [6, 6.07) is 11.1. The molecule has 136 valence electrons. The number of thiophene rings is 1. The maximum Gasteiger partial charge on any atom is 0.281 e. The van der Waals surface area contributed by atoms with Gasteiger partial charge in [0.1, 0.15) is 0 Å². The number of carbonyl (C=O) groups is 2. The zero-order valence-electron chi connectivity index (χ0n) is 14.8. The average molecular weight is 369 g/mol. The smallest absolute Gasteiger partial charge is 0.281 e. The number of anilines is 1. The predicted octanol–water partition coefficient (Wildman–Crippen LogP) is 4.42. The second-order valence-electron chi connectivity index (χ2n) is 6.52. The van der Waals surface area contributed by atoms with Crippen LogP contribution < -0.4 is 10.7 Å². The molecule has 1 aromatic heterocycles. The SMILES string of the molecule is C/C(=N/NC(=O)c1cccs1)c1cccc(NC(=O)C2CCCCC2)c1. The molecule has 5 nitrogen and oxygen atoms in total. The molecule has 1 aliphatic rings. The Bertz CT molecular complexity index is 793. The van der Waals surface area contributed by atoms with E-state index in [2.05, 4.69) is 15.8 Å². The lowest BCUT2D eigenvalue weighted by atomic mass is 9.88. The van der Waals surface area contributed by atoms with Crippen molar-refractivity contribution in [2.45, 2.75) is 39.0 Å². The Labute approximate surface area is 157 Å². The molecule has 2 amide bonds. The molecule has 2 aromatic rings. The summed E-state index contributed by atoms with van der Waals surface area (Å²) < 4.78 is 0. The average Bonchev–Trinajstić information content (AvgIpc) is 3.21. The molecule has 0 aliphatic heterocycles. The maximum atomic E-state index is 12.4. The van der Waals surface area contributed by atoms with Crippen molar-refractivity contribution in [2.24, 2.45) is 11.0 Å². The van der Waals surface area contributed by atoms with Crippen LogP contribution in [0.25, 0.3) is 0 Å². The third-order valence-corrected chi connectivity index (χ3v) is 5.46. The molecule has 1 aromatic carbocycles. The first-order chi connectivity index (χ1) is 12.6. The summed E-state index contributed by atoms with van der Waals surface area (Å²) in [5.74, 6) is -0.00389. The minimum absolute atomic E-state index is 0.0995. The molecule has 2 N–H and O–H groups in total. The van der Waals surface area contributed by atoms with E-state index >= 15 is 0 Å². The zero-order valence-corrected chi connectivity index (χ0v) is 15.6. The van der Waals surface area contributed by atoms with Gasteiger partial charge in [-0.15, -0.1) is 11.3 Å². The van der Waals surface area contributed by atoms with Gasteiger partial charge in [-0.2, -0.15) is 5.10 Å². The van der Waals surface area contributed by atoms with Crippen LogP contribution in [0.3, 0.4) is 0 Å². The Morgan fingerprint density at radius 1 is 1.12 bits per heavy atom. The van der Waals surface area contributed by atoms with Crippen molar-refractivity contribution in [2.75, 3.05) is 5.32 Å². The molecule has 0 bridgehead atoms. The van der Waals surface area contributed by atoms with Crippen LogP contribution in [-0.4, -0.2) is 17.5 Å². The largest absolute Gasteiger partial charge is 0.326 e. The molecule has 1 heterocycles. The number of hydrogen-bond acceptors (Lipinski definition) is 4. The Morgan fingerprint density at radius 3 is 2.65 bits per heavy atom. The molecule has 0 atom stereocenters. The van der Waals surface area contributed by atoms with Gasteiger partial charge in [0.15, 0.2) is 0 Å².